The molecule has 128 valence electrons. The zero-order valence-electron chi connectivity index (χ0n) is 12.8. The highest BCUT2D eigenvalue weighted by molar-refractivity contribution is 7.80. The molecule has 0 aliphatic heterocycles. The lowest BCUT2D eigenvalue weighted by Crippen LogP contribution is -2.20. The summed E-state index contributed by atoms with van der Waals surface area (Å²) in [6, 6.07) is 8.15. The van der Waals surface area contributed by atoms with Gasteiger partial charge < -0.3 is 15.4 Å². The van der Waals surface area contributed by atoms with Crippen LogP contribution in [0.3, 0.4) is 0 Å². The van der Waals surface area contributed by atoms with Crippen molar-refractivity contribution < 1.29 is 17.9 Å². The lowest BCUT2D eigenvalue weighted by molar-refractivity contribution is -0.137. The number of thiocarbonyl (C=S) groups is 1. The van der Waals surface area contributed by atoms with Gasteiger partial charge in [0, 0.05) is 16.8 Å². The zero-order valence-corrected chi connectivity index (χ0v) is 14.4. The number of halogens is 4. The SMILES string of the molecule is COc1cc(Cl)c(C)cc1NC(=S)Nc1cccc(C(F)(F)F)c1. The maximum absolute atomic E-state index is 12.7. The molecule has 0 radical (unpaired) electrons. The maximum Gasteiger partial charge on any atom is 0.416 e. The van der Waals surface area contributed by atoms with Crippen molar-refractivity contribution in [2.24, 2.45) is 0 Å². The van der Waals surface area contributed by atoms with E-state index in [0.29, 0.717) is 16.5 Å². The minimum Gasteiger partial charge on any atom is -0.495 e. The molecule has 0 aromatic heterocycles. The van der Waals surface area contributed by atoms with Crippen molar-refractivity contribution in [3.05, 3.63) is 52.5 Å². The molecule has 0 aliphatic carbocycles. The van der Waals surface area contributed by atoms with E-state index in [1.807, 2.05) is 6.92 Å². The highest BCUT2D eigenvalue weighted by Gasteiger charge is 2.30. The van der Waals surface area contributed by atoms with E-state index in [-0.39, 0.29) is 10.8 Å². The Labute approximate surface area is 147 Å². The van der Waals surface area contributed by atoms with Crippen LogP contribution >= 0.6 is 23.8 Å². The number of nitrogens with one attached hydrogen (secondary N) is 2. The molecule has 0 spiro atoms. The topological polar surface area (TPSA) is 33.3 Å². The molecule has 0 atom stereocenters. The fourth-order valence-corrected chi connectivity index (χ4v) is 2.37. The molecular weight excluding hydrogens is 361 g/mol. The van der Waals surface area contributed by atoms with Gasteiger partial charge in [0.1, 0.15) is 5.75 Å². The molecule has 0 unspecified atom stereocenters. The summed E-state index contributed by atoms with van der Waals surface area (Å²) in [5, 5.41) is 6.28. The summed E-state index contributed by atoms with van der Waals surface area (Å²) >= 11 is 11.2. The van der Waals surface area contributed by atoms with Crippen LogP contribution in [0.25, 0.3) is 0 Å². The fourth-order valence-electron chi connectivity index (χ4n) is 1.99. The predicted octanol–water partition coefficient (Wildman–Crippen LogP) is 5.48. The molecule has 2 aromatic rings. The smallest absolute Gasteiger partial charge is 0.416 e. The van der Waals surface area contributed by atoms with Crippen LogP contribution in [0.15, 0.2) is 36.4 Å². The first-order chi connectivity index (χ1) is 11.2. The summed E-state index contributed by atoms with van der Waals surface area (Å²) in [5.74, 6) is 0.471. The van der Waals surface area contributed by atoms with E-state index >= 15 is 0 Å². The summed E-state index contributed by atoms with van der Waals surface area (Å²) in [4.78, 5) is 0. The Bertz CT molecular complexity index is 765. The number of anilines is 2. The Kier molecular flexibility index (Phi) is 5.56. The van der Waals surface area contributed by atoms with Gasteiger partial charge in [-0.1, -0.05) is 17.7 Å². The van der Waals surface area contributed by atoms with Crippen molar-refractivity contribution in [3.8, 4) is 5.75 Å². The molecule has 0 fully saturated rings. The molecule has 0 amide bonds. The third kappa shape index (κ3) is 4.52. The van der Waals surface area contributed by atoms with Gasteiger partial charge in [-0.3, -0.25) is 0 Å². The summed E-state index contributed by atoms with van der Waals surface area (Å²) in [6.07, 6.45) is -4.41. The van der Waals surface area contributed by atoms with Gasteiger partial charge in [-0.15, -0.1) is 0 Å². The van der Waals surface area contributed by atoms with E-state index in [2.05, 4.69) is 10.6 Å². The van der Waals surface area contributed by atoms with Gasteiger partial charge in [-0.05, 0) is 49.0 Å². The van der Waals surface area contributed by atoms with E-state index in [0.717, 1.165) is 17.7 Å². The normalized spacial score (nSPS) is 11.1. The van der Waals surface area contributed by atoms with Gasteiger partial charge in [0.15, 0.2) is 5.11 Å². The molecule has 8 heteroatoms. The molecule has 0 bridgehead atoms. The first-order valence-corrected chi connectivity index (χ1v) is 7.58. The van der Waals surface area contributed by atoms with E-state index in [1.54, 1.807) is 12.1 Å². The average molecular weight is 375 g/mol. The van der Waals surface area contributed by atoms with Crippen molar-refractivity contribution in [3.63, 3.8) is 0 Å². The van der Waals surface area contributed by atoms with Crippen LogP contribution in [0.5, 0.6) is 5.75 Å². The highest BCUT2D eigenvalue weighted by Crippen LogP contribution is 2.32. The number of aryl methyl sites for hydroxylation is 1. The van der Waals surface area contributed by atoms with Crippen LogP contribution in [-0.2, 0) is 6.18 Å². The minimum atomic E-state index is -4.41. The molecule has 24 heavy (non-hydrogen) atoms. The van der Waals surface area contributed by atoms with Crippen molar-refractivity contribution in [2.75, 3.05) is 17.7 Å². The first kappa shape index (κ1) is 18.4. The van der Waals surface area contributed by atoms with E-state index in [9.17, 15) is 13.2 Å². The number of methoxy groups -OCH3 is 1. The van der Waals surface area contributed by atoms with Crippen LogP contribution in [0.2, 0.25) is 5.02 Å². The number of ether oxygens (including phenoxy) is 1. The zero-order chi connectivity index (χ0) is 17.9. The Hall–Kier alpha value is -1.99. The fraction of sp³-hybridized carbons (Fsp3) is 0.188. The molecule has 0 aliphatic rings. The molecule has 0 saturated heterocycles. The molecular formula is C16H14ClF3N2OS. The van der Waals surface area contributed by atoms with Crippen LogP contribution in [0.4, 0.5) is 24.5 Å². The summed E-state index contributed by atoms with van der Waals surface area (Å²) in [7, 11) is 1.48. The van der Waals surface area contributed by atoms with Crippen molar-refractivity contribution in [1.82, 2.24) is 0 Å². The van der Waals surface area contributed by atoms with Gasteiger partial charge in [0.2, 0.25) is 0 Å². The average Bonchev–Trinajstić information content (AvgIpc) is 2.50. The molecule has 2 N–H and O–H groups in total. The van der Waals surface area contributed by atoms with Crippen LogP contribution in [0, 0.1) is 6.92 Å². The molecule has 0 heterocycles. The van der Waals surface area contributed by atoms with E-state index in [1.165, 1.54) is 19.2 Å². The number of alkyl halides is 3. The second-order valence-corrected chi connectivity index (χ2v) is 5.77. The number of hydrogen-bond donors (Lipinski definition) is 2. The molecule has 2 aromatic carbocycles. The predicted molar refractivity (Wildman–Crippen MR) is 94.0 cm³/mol. The number of hydrogen-bond acceptors (Lipinski definition) is 2. The highest BCUT2D eigenvalue weighted by atomic mass is 35.5. The number of rotatable bonds is 3. The van der Waals surface area contributed by atoms with Crippen molar-refractivity contribution >= 4 is 40.3 Å². The quantitative estimate of drug-likeness (QED) is 0.696. The van der Waals surface area contributed by atoms with Crippen LogP contribution in [0.1, 0.15) is 11.1 Å². The van der Waals surface area contributed by atoms with Gasteiger partial charge in [0.05, 0.1) is 18.4 Å². The molecule has 2 rings (SSSR count). The Morgan fingerprint density at radius 1 is 1.17 bits per heavy atom. The summed E-state index contributed by atoms with van der Waals surface area (Å²) in [6.45, 7) is 1.82. The Morgan fingerprint density at radius 3 is 2.50 bits per heavy atom. The van der Waals surface area contributed by atoms with Crippen LogP contribution < -0.4 is 15.4 Å². The van der Waals surface area contributed by atoms with Crippen molar-refractivity contribution in [1.29, 1.82) is 0 Å². The van der Waals surface area contributed by atoms with E-state index in [4.69, 9.17) is 28.6 Å². The monoisotopic (exact) mass is 374 g/mol. The van der Waals surface area contributed by atoms with Crippen LogP contribution in [-0.4, -0.2) is 12.2 Å². The first-order valence-electron chi connectivity index (χ1n) is 6.80. The molecule has 3 nitrogen and oxygen atoms in total. The van der Waals surface area contributed by atoms with Crippen molar-refractivity contribution in [2.45, 2.75) is 13.1 Å². The minimum absolute atomic E-state index is 0.134. The largest absolute Gasteiger partial charge is 0.495 e. The molecule has 0 saturated carbocycles. The third-order valence-electron chi connectivity index (χ3n) is 3.18. The second-order valence-electron chi connectivity index (χ2n) is 4.96. The van der Waals surface area contributed by atoms with Gasteiger partial charge in [-0.25, -0.2) is 0 Å². The Balaban J connectivity index is 2.16. The lowest BCUT2D eigenvalue weighted by atomic mass is 10.2. The summed E-state index contributed by atoms with van der Waals surface area (Å²) in [5.41, 5.74) is 0.841. The standard InChI is InChI=1S/C16H14ClF3N2OS/c1-9-6-13(14(23-2)8-12(9)17)22-15(24)21-11-5-3-4-10(7-11)16(18,19)20/h3-8H,1-2H3,(H2,21,22,24). The van der Waals surface area contributed by atoms with Gasteiger partial charge >= 0.3 is 6.18 Å². The summed E-state index contributed by atoms with van der Waals surface area (Å²) < 4.78 is 43.4. The number of benzene rings is 2. The van der Waals surface area contributed by atoms with E-state index < -0.39 is 11.7 Å². The Morgan fingerprint density at radius 2 is 1.88 bits per heavy atom. The van der Waals surface area contributed by atoms with Gasteiger partial charge in [0.25, 0.3) is 0 Å². The lowest BCUT2D eigenvalue weighted by Gasteiger charge is -2.15. The van der Waals surface area contributed by atoms with Gasteiger partial charge in [-0.2, -0.15) is 13.2 Å². The maximum atomic E-state index is 12.7. The second kappa shape index (κ2) is 7.27. The third-order valence-corrected chi connectivity index (χ3v) is 3.79.